The number of carbonyl (C=O) groups excluding carboxylic acids is 2. The first-order chi connectivity index (χ1) is 13.6. The molecule has 5 nitrogen and oxygen atoms in total. The van der Waals surface area contributed by atoms with Gasteiger partial charge in [0.2, 0.25) is 0 Å². The van der Waals surface area contributed by atoms with E-state index in [4.69, 9.17) is 4.74 Å². The van der Waals surface area contributed by atoms with Gasteiger partial charge in [0, 0.05) is 12.4 Å². The van der Waals surface area contributed by atoms with Crippen molar-refractivity contribution >= 4 is 28.8 Å². The maximum absolute atomic E-state index is 13.6. The Labute approximate surface area is 166 Å². The zero-order valence-corrected chi connectivity index (χ0v) is 16.0. The van der Waals surface area contributed by atoms with Crippen molar-refractivity contribution in [2.45, 2.75) is 0 Å². The molecule has 0 unspecified atom stereocenters. The molecule has 0 aliphatic rings. The van der Waals surface area contributed by atoms with Crippen LogP contribution in [0.3, 0.4) is 0 Å². The lowest BCUT2D eigenvalue weighted by molar-refractivity contribution is 0.0774. The van der Waals surface area contributed by atoms with Crippen LogP contribution in [-0.4, -0.2) is 36.9 Å². The number of carbonyl (C=O) groups is 2. The maximum Gasteiger partial charge on any atom is 0.256 e. The molecule has 0 bridgehead atoms. The van der Waals surface area contributed by atoms with Crippen molar-refractivity contribution in [3.05, 3.63) is 82.3 Å². The Bertz CT molecular complexity index is 960. The van der Waals surface area contributed by atoms with Gasteiger partial charge >= 0.3 is 0 Å². The maximum atomic E-state index is 13.6. The molecule has 0 aliphatic carbocycles. The van der Waals surface area contributed by atoms with Gasteiger partial charge in [-0.2, -0.15) is 11.3 Å². The number of amides is 2. The van der Waals surface area contributed by atoms with E-state index in [1.807, 2.05) is 5.38 Å². The van der Waals surface area contributed by atoms with Crippen LogP contribution in [0.2, 0.25) is 0 Å². The Kier molecular flexibility index (Phi) is 6.39. The average Bonchev–Trinajstić information content (AvgIpc) is 3.24. The first-order valence-corrected chi connectivity index (χ1v) is 9.56. The molecule has 1 aromatic heterocycles. The molecule has 0 saturated carbocycles. The van der Waals surface area contributed by atoms with Crippen molar-refractivity contribution in [1.29, 1.82) is 0 Å². The molecule has 0 atom stereocenters. The predicted octanol–water partition coefficient (Wildman–Crippen LogP) is 4.29. The van der Waals surface area contributed by atoms with E-state index >= 15 is 0 Å². The van der Waals surface area contributed by atoms with Crippen LogP contribution < -0.4 is 10.1 Å². The molecule has 7 heteroatoms. The van der Waals surface area contributed by atoms with E-state index in [-0.39, 0.29) is 30.7 Å². The van der Waals surface area contributed by atoms with Gasteiger partial charge in [-0.1, -0.05) is 24.3 Å². The van der Waals surface area contributed by atoms with E-state index in [0.717, 1.165) is 0 Å². The van der Waals surface area contributed by atoms with Gasteiger partial charge in [0.05, 0.1) is 23.4 Å². The second kappa shape index (κ2) is 9.14. The summed E-state index contributed by atoms with van der Waals surface area (Å²) in [5.74, 6) is -0.838. The van der Waals surface area contributed by atoms with Gasteiger partial charge in [-0.3, -0.25) is 9.59 Å². The summed E-state index contributed by atoms with van der Waals surface area (Å²) in [7, 11) is 1.63. The number of nitrogens with one attached hydrogen (secondary N) is 1. The van der Waals surface area contributed by atoms with Gasteiger partial charge < -0.3 is 15.0 Å². The smallest absolute Gasteiger partial charge is 0.256 e. The molecule has 1 heterocycles. The number of ether oxygens (including phenoxy) is 1. The number of rotatable bonds is 7. The Morgan fingerprint density at radius 3 is 2.61 bits per heavy atom. The van der Waals surface area contributed by atoms with E-state index < -0.39 is 5.82 Å². The van der Waals surface area contributed by atoms with E-state index in [9.17, 15) is 14.0 Å². The Morgan fingerprint density at radius 2 is 1.86 bits per heavy atom. The summed E-state index contributed by atoms with van der Waals surface area (Å²) >= 11 is 1.43. The van der Waals surface area contributed by atoms with E-state index in [0.29, 0.717) is 16.8 Å². The number of thiophene rings is 1. The molecule has 28 heavy (non-hydrogen) atoms. The standard InChI is InChI=1S/C21H19FN2O3S/c1-24(11-12-27-19-9-5-3-7-17(19)22)21(26)16-6-2-4-8-18(16)23-20(25)15-10-13-28-14-15/h2-10,13-14H,11-12H2,1H3,(H,23,25). The minimum absolute atomic E-state index is 0.145. The summed E-state index contributed by atoms with van der Waals surface area (Å²) in [6, 6.07) is 14.7. The first-order valence-electron chi connectivity index (χ1n) is 8.61. The summed E-state index contributed by atoms with van der Waals surface area (Å²) in [5.41, 5.74) is 1.35. The summed E-state index contributed by atoms with van der Waals surface area (Å²) in [6.07, 6.45) is 0. The van der Waals surface area contributed by atoms with Gasteiger partial charge in [-0.05, 0) is 35.7 Å². The van der Waals surface area contributed by atoms with Crippen LogP contribution in [0, 0.1) is 5.82 Å². The second-order valence-corrected chi connectivity index (χ2v) is 6.80. The van der Waals surface area contributed by atoms with Crippen molar-refractivity contribution in [1.82, 2.24) is 4.90 Å². The van der Waals surface area contributed by atoms with Gasteiger partial charge in [0.15, 0.2) is 11.6 Å². The number of nitrogens with zero attached hydrogens (tertiary/aromatic N) is 1. The minimum atomic E-state index is -0.446. The quantitative estimate of drug-likeness (QED) is 0.646. The van der Waals surface area contributed by atoms with Crippen LogP contribution in [0.5, 0.6) is 5.75 Å². The normalized spacial score (nSPS) is 10.4. The van der Waals surface area contributed by atoms with Crippen molar-refractivity contribution in [3.8, 4) is 5.75 Å². The van der Waals surface area contributed by atoms with E-state index in [1.165, 1.54) is 28.4 Å². The van der Waals surface area contributed by atoms with Crippen molar-refractivity contribution in [3.63, 3.8) is 0 Å². The van der Waals surface area contributed by atoms with Crippen LogP contribution in [0.15, 0.2) is 65.4 Å². The SMILES string of the molecule is CN(CCOc1ccccc1F)C(=O)c1ccccc1NC(=O)c1ccsc1. The highest BCUT2D eigenvalue weighted by Gasteiger charge is 2.17. The Balaban J connectivity index is 1.63. The van der Waals surface area contributed by atoms with Crippen LogP contribution in [0.4, 0.5) is 10.1 Å². The van der Waals surface area contributed by atoms with Crippen LogP contribution in [-0.2, 0) is 0 Å². The Hall–Kier alpha value is -3.19. The fourth-order valence-electron chi connectivity index (χ4n) is 2.53. The van der Waals surface area contributed by atoms with Crippen LogP contribution in [0.1, 0.15) is 20.7 Å². The monoisotopic (exact) mass is 398 g/mol. The number of anilines is 1. The third-order valence-electron chi connectivity index (χ3n) is 4.06. The van der Waals surface area contributed by atoms with Crippen molar-refractivity contribution in [2.24, 2.45) is 0 Å². The zero-order valence-electron chi connectivity index (χ0n) is 15.2. The largest absolute Gasteiger partial charge is 0.489 e. The summed E-state index contributed by atoms with van der Waals surface area (Å²) < 4.78 is 19.0. The highest BCUT2D eigenvalue weighted by Crippen LogP contribution is 2.19. The van der Waals surface area contributed by atoms with Gasteiger partial charge in [0.25, 0.3) is 11.8 Å². The third kappa shape index (κ3) is 4.75. The van der Waals surface area contributed by atoms with Crippen molar-refractivity contribution in [2.75, 3.05) is 25.5 Å². The molecule has 1 N–H and O–H groups in total. The molecule has 3 rings (SSSR count). The number of halogens is 1. The van der Waals surface area contributed by atoms with Crippen molar-refractivity contribution < 1.29 is 18.7 Å². The lowest BCUT2D eigenvalue weighted by Crippen LogP contribution is -2.31. The highest BCUT2D eigenvalue weighted by molar-refractivity contribution is 7.08. The average molecular weight is 398 g/mol. The fraction of sp³-hybridized carbons (Fsp3) is 0.143. The fourth-order valence-corrected chi connectivity index (χ4v) is 3.16. The van der Waals surface area contributed by atoms with Gasteiger partial charge in [-0.25, -0.2) is 4.39 Å². The lowest BCUT2D eigenvalue weighted by atomic mass is 10.1. The molecule has 144 valence electrons. The second-order valence-electron chi connectivity index (χ2n) is 6.02. The van der Waals surface area contributed by atoms with Crippen LogP contribution in [0.25, 0.3) is 0 Å². The summed E-state index contributed by atoms with van der Waals surface area (Å²) in [5, 5.41) is 6.33. The molecule has 2 amide bonds. The Morgan fingerprint density at radius 1 is 1.11 bits per heavy atom. The molecule has 2 aromatic carbocycles. The number of para-hydroxylation sites is 2. The van der Waals surface area contributed by atoms with Gasteiger partial charge in [-0.15, -0.1) is 0 Å². The van der Waals surface area contributed by atoms with Gasteiger partial charge in [0.1, 0.15) is 6.61 Å². The molecule has 0 aliphatic heterocycles. The summed E-state index contributed by atoms with van der Waals surface area (Å²) in [4.78, 5) is 26.6. The number of likely N-dealkylation sites (N-methyl/N-ethyl adjacent to an activating group) is 1. The molecule has 0 radical (unpaired) electrons. The molecular weight excluding hydrogens is 379 g/mol. The zero-order chi connectivity index (χ0) is 19.9. The van der Waals surface area contributed by atoms with Crippen LogP contribution >= 0.6 is 11.3 Å². The number of benzene rings is 2. The topological polar surface area (TPSA) is 58.6 Å². The molecule has 3 aromatic rings. The number of hydrogen-bond donors (Lipinski definition) is 1. The third-order valence-corrected chi connectivity index (χ3v) is 4.74. The number of hydrogen-bond acceptors (Lipinski definition) is 4. The molecule has 0 spiro atoms. The highest BCUT2D eigenvalue weighted by atomic mass is 32.1. The predicted molar refractivity (Wildman–Crippen MR) is 108 cm³/mol. The molecular formula is C21H19FN2O3S. The first kappa shape index (κ1) is 19.6. The molecule has 0 fully saturated rings. The van der Waals surface area contributed by atoms with E-state index in [1.54, 1.807) is 54.9 Å². The minimum Gasteiger partial charge on any atom is -0.489 e. The summed E-state index contributed by atoms with van der Waals surface area (Å²) in [6.45, 7) is 0.409. The molecule has 0 saturated heterocycles. The van der Waals surface area contributed by atoms with E-state index in [2.05, 4.69) is 5.32 Å². The lowest BCUT2D eigenvalue weighted by Gasteiger charge is -2.19.